The molecule has 0 radical (unpaired) electrons. The Morgan fingerprint density at radius 3 is 1.21 bits per heavy atom. The molecule has 0 unspecified atom stereocenters. The Hall–Kier alpha value is -2.12. The van der Waals surface area contributed by atoms with Crippen LogP contribution in [0, 0.1) is 23.7 Å². The van der Waals surface area contributed by atoms with Gasteiger partial charge in [-0.1, -0.05) is 12.8 Å². The van der Waals surface area contributed by atoms with E-state index in [-0.39, 0.29) is 11.9 Å². The van der Waals surface area contributed by atoms with E-state index in [2.05, 4.69) is 9.47 Å². The summed E-state index contributed by atoms with van der Waals surface area (Å²) in [7, 11) is 2.58. The third kappa shape index (κ3) is 4.94. The second-order valence-electron chi connectivity index (χ2n) is 6.01. The van der Waals surface area contributed by atoms with Crippen molar-refractivity contribution in [3.05, 3.63) is 0 Å². The van der Waals surface area contributed by atoms with Gasteiger partial charge in [-0.15, -0.1) is 0 Å². The minimum Gasteiger partial charge on any atom is -0.481 e. The molecule has 0 aromatic heterocycles. The maximum Gasteiger partial charge on any atom is 0.309 e. The van der Waals surface area contributed by atoms with E-state index < -0.39 is 35.6 Å². The summed E-state index contributed by atoms with van der Waals surface area (Å²) in [6.07, 6.45) is 4.07. The van der Waals surface area contributed by atoms with Crippen LogP contribution < -0.4 is 0 Å². The molecule has 0 bridgehead atoms. The first kappa shape index (κ1) is 19.9. The van der Waals surface area contributed by atoms with Crippen LogP contribution in [0.2, 0.25) is 0 Å². The number of methoxy groups -OCH3 is 2. The summed E-state index contributed by atoms with van der Waals surface area (Å²) in [6.45, 7) is 0. The third-order valence-corrected chi connectivity index (χ3v) is 4.67. The number of carboxylic acids is 2. The third-order valence-electron chi connectivity index (χ3n) is 4.67. The predicted molar refractivity (Wildman–Crippen MR) is 81.0 cm³/mol. The smallest absolute Gasteiger partial charge is 0.309 e. The van der Waals surface area contributed by atoms with Gasteiger partial charge in [-0.05, 0) is 25.7 Å². The molecule has 2 fully saturated rings. The summed E-state index contributed by atoms with van der Waals surface area (Å²) < 4.78 is 9.02. The first-order chi connectivity index (χ1) is 11.3. The van der Waals surface area contributed by atoms with Gasteiger partial charge in [0.05, 0.1) is 37.9 Å². The second-order valence-corrected chi connectivity index (χ2v) is 6.01. The maximum absolute atomic E-state index is 11.0. The van der Waals surface area contributed by atoms with Crippen LogP contribution in [0.5, 0.6) is 0 Å². The molecule has 2 N–H and O–H groups in total. The lowest BCUT2D eigenvalue weighted by Gasteiger charge is -2.12. The molecule has 2 saturated carbocycles. The number of aliphatic carboxylic acids is 2. The van der Waals surface area contributed by atoms with Gasteiger partial charge in [-0.25, -0.2) is 0 Å². The molecule has 0 aromatic rings. The van der Waals surface area contributed by atoms with E-state index in [1.54, 1.807) is 0 Å². The molecule has 0 saturated heterocycles. The van der Waals surface area contributed by atoms with Crippen molar-refractivity contribution in [3.63, 3.8) is 0 Å². The maximum atomic E-state index is 11.0. The highest BCUT2D eigenvalue weighted by Crippen LogP contribution is 2.33. The van der Waals surface area contributed by atoms with Gasteiger partial charge in [-0.3, -0.25) is 19.2 Å². The Labute approximate surface area is 140 Å². The Morgan fingerprint density at radius 1 is 0.667 bits per heavy atom. The lowest BCUT2D eigenvalue weighted by atomic mass is 9.97. The van der Waals surface area contributed by atoms with Gasteiger partial charge >= 0.3 is 23.9 Å². The van der Waals surface area contributed by atoms with Gasteiger partial charge in [0.1, 0.15) is 0 Å². The van der Waals surface area contributed by atoms with Gasteiger partial charge in [0.2, 0.25) is 0 Å². The van der Waals surface area contributed by atoms with Crippen LogP contribution in [0.3, 0.4) is 0 Å². The summed E-state index contributed by atoms with van der Waals surface area (Å²) >= 11 is 0. The van der Waals surface area contributed by atoms with Gasteiger partial charge in [0, 0.05) is 0 Å². The van der Waals surface area contributed by atoms with E-state index in [1.165, 1.54) is 14.2 Å². The molecule has 8 heteroatoms. The fourth-order valence-corrected chi connectivity index (χ4v) is 3.38. The second kappa shape index (κ2) is 9.24. The Morgan fingerprint density at radius 2 is 0.958 bits per heavy atom. The number of carboxylic acid groups (broad SMARTS) is 2. The molecule has 0 spiro atoms. The summed E-state index contributed by atoms with van der Waals surface area (Å²) in [6, 6.07) is 0. The molecular weight excluding hydrogens is 320 g/mol. The lowest BCUT2D eigenvalue weighted by molar-refractivity contribution is -0.154. The number of hydrogen-bond acceptors (Lipinski definition) is 6. The molecule has 2 aliphatic rings. The Bertz CT molecular complexity index is 442. The van der Waals surface area contributed by atoms with E-state index in [9.17, 15) is 19.2 Å². The average molecular weight is 344 g/mol. The molecule has 8 nitrogen and oxygen atoms in total. The molecule has 136 valence electrons. The van der Waals surface area contributed by atoms with E-state index in [0.717, 1.165) is 12.8 Å². The quantitative estimate of drug-likeness (QED) is 0.731. The lowest BCUT2D eigenvalue weighted by Crippen LogP contribution is -2.26. The number of ether oxygens (including phenoxy) is 2. The minimum absolute atomic E-state index is 0.389. The van der Waals surface area contributed by atoms with Gasteiger partial charge in [-0.2, -0.15) is 0 Å². The Kier molecular flexibility index (Phi) is 7.67. The Balaban J connectivity index is 0.000000240. The standard InChI is InChI=1S/2C8H12O4/c2*1-12-8(11)6-4-2-3-5(6)7(9)10/h2*5-6H,2-4H2,1H3,(H,9,10)/t2*5-,6+/m10/s1. The highest BCUT2D eigenvalue weighted by atomic mass is 16.5. The van der Waals surface area contributed by atoms with Crippen molar-refractivity contribution in [2.24, 2.45) is 23.7 Å². The number of hydrogen-bond donors (Lipinski definition) is 2. The van der Waals surface area contributed by atoms with Gasteiger partial charge in [0.25, 0.3) is 0 Å². The molecule has 0 aromatic carbocycles. The number of esters is 2. The van der Waals surface area contributed by atoms with Crippen molar-refractivity contribution in [3.8, 4) is 0 Å². The zero-order valence-corrected chi connectivity index (χ0v) is 13.9. The fourth-order valence-electron chi connectivity index (χ4n) is 3.38. The predicted octanol–water partition coefficient (Wildman–Crippen LogP) is 1.32. The number of carbonyl (C=O) groups is 4. The first-order valence-electron chi connectivity index (χ1n) is 7.94. The monoisotopic (exact) mass is 344 g/mol. The van der Waals surface area contributed by atoms with Crippen molar-refractivity contribution >= 4 is 23.9 Å². The van der Waals surface area contributed by atoms with Crippen LogP contribution >= 0.6 is 0 Å². The van der Waals surface area contributed by atoms with Crippen molar-refractivity contribution in [1.82, 2.24) is 0 Å². The topological polar surface area (TPSA) is 127 Å². The zero-order chi connectivity index (χ0) is 18.3. The largest absolute Gasteiger partial charge is 0.481 e. The molecule has 4 atom stereocenters. The van der Waals surface area contributed by atoms with Crippen molar-refractivity contribution < 1.29 is 38.9 Å². The van der Waals surface area contributed by atoms with Crippen LogP contribution in [-0.2, 0) is 28.7 Å². The molecule has 2 aliphatic carbocycles. The molecule has 0 heterocycles. The summed E-state index contributed by atoms with van der Waals surface area (Å²) in [5, 5.41) is 17.4. The van der Waals surface area contributed by atoms with Gasteiger partial charge < -0.3 is 19.7 Å². The highest BCUT2D eigenvalue weighted by Gasteiger charge is 2.39. The van der Waals surface area contributed by atoms with E-state index >= 15 is 0 Å². The first-order valence-corrected chi connectivity index (χ1v) is 7.94. The normalized spacial score (nSPS) is 28.4. The zero-order valence-electron chi connectivity index (χ0n) is 13.9. The molecule has 0 aliphatic heterocycles. The van der Waals surface area contributed by atoms with Crippen LogP contribution in [-0.4, -0.2) is 48.3 Å². The van der Waals surface area contributed by atoms with Crippen molar-refractivity contribution in [2.75, 3.05) is 14.2 Å². The van der Waals surface area contributed by atoms with Crippen LogP contribution in [0.1, 0.15) is 38.5 Å². The molecule has 0 amide bonds. The summed E-state index contributed by atoms with van der Waals surface area (Å²) in [5.74, 6) is -4.46. The van der Waals surface area contributed by atoms with E-state index in [0.29, 0.717) is 25.7 Å². The summed E-state index contributed by atoms with van der Waals surface area (Å²) in [4.78, 5) is 43.3. The summed E-state index contributed by atoms with van der Waals surface area (Å²) in [5.41, 5.74) is 0. The minimum atomic E-state index is -0.886. The molecule has 2 rings (SSSR count). The molecular formula is C16H24O8. The van der Waals surface area contributed by atoms with Gasteiger partial charge in [0.15, 0.2) is 0 Å². The van der Waals surface area contributed by atoms with Crippen LogP contribution in [0.15, 0.2) is 0 Å². The number of carbonyl (C=O) groups excluding carboxylic acids is 2. The average Bonchev–Trinajstić information content (AvgIpc) is 3.22. The SMILES string of the molecule is COC(=O)[C@@H]1CCC[C@@H]1C(=O)O.COC(=O)[C@H]1CCC[C@H]1C(=O)O. The number of rotatable bonds is 4. The van der Waals surface area contributed by atoms with E-state index in [1.807, 2.05) is 0 Å². The molecule has 24 heavy (non-hydrogen) atoms. The highest BCUT2D eigenvalue weighted by molar-refractivity contribution is 5.82. The van der Waals surface area contributed by atoms with Crippen molar-refractivity contribution in [1.29, 1.82) is 0 Å². The van der Waals surface area contributed by atoms with Crippen LogP contribution in [0.25, 0.3) is 0 Å². The van der Waals surface area contributed by atoms with Crippen molar-refractivity contribution in [2.45, 2.75) is 38.5 Å². The van der Waals surface area contributed by atoms with Crippen LogP contribution in [0.4, 0.5) is 0 Å². The fraction of sp³-hybridized carbons (Fsp3) is 0.750. The van der Waals surface area contributed by atoms with E-state index in [4.69, 9.17) is 10.2 Å².